The van der Waals surface area contributed by atoms with Crippen LogP contribution in [0, 0.1) is 26.7 Å². The fourth-order valence-electron chi connectivity index (χ4n) is 3.03. The zero-order valence-corrected chi connectivity index (χ0v) is 19.9. The summed E-state index contributed by atoms with van der Waals surface area (Å²) in [5.74, 6) is 2.15. The third-order valence-electron chi connectivity index (χ3n) is 5.07. The van der Waals surface area contributed by atoms with Crippen LogP contribution in [0.25, 0.3) is 0 Å². The molecule has 0 bridgehead atoms. The van der Waals surface area contributed by atoms with Crippen molar-refractivity contribution in [2.45, 2.75) is 40.7 Å². The SMILES string of the molecule is COc1ccccc1OCCNC[C@@H](O)COc1cc(C)c(OC(=O)C(C)C)c(C)c1C. The van der Waals surface area contributed by atoms with Crippen LogP contribution >= 0.6 is 0 Å². The Morgan fingerprint density at radius 3 is 2.38 bits per heavy atom. The molecular formula is C25H35NO6. The first kappa shape index (κ1) is 25.5. The van der Waals surface area contributed by atoms with E-state index in [1.165, 1.54) is 0 Å². The number of carbonyl (C=O) groups excluding carboxylic acids is 1. The van der Waals surface area contributed by atoms with Crippen LogP contribution < -0.4 is 24.3 Å². The number of hydrogen-bond donors (Lipinski definition) is 2. The summed E-state index contributed by atoms with van der Waals surface area (Å²) in [6.07, 6.45) is -0.681. The van der Waals surface area contributed by atoms with E-state index in [4.69, 9.17) is 18.9 Å². The van der Waals surface area contributed by atoms with Crippen LogP contribution in [0.3, 0.4) is 0 Å². The summed E-state index contributed by atoms with van der Waals surface area (Å²) in [7, 11) is 1.60. The number of para-hydroxylation sites is 2. The van der Waals surface area contributed by atoms with Crippen molar-refractivity contribution in [2.24, 2.45) is 5.92 Å². The molecule has 0 amide bonds. The van der Waals surface area contributed by atoms with Gasteiger partial charge in [-0.2, -0.15) is 0 Å². The van der Waals surface area contributed by atoms with Crippen molar-refractivity contribution >= 4 is 5.97 Å². The molecule has 0 aliphatic carbocycles. The third-order valence-corrected chi connectivity index (χ3v) is 5.07. The van der Waals surface area contributed by atoms with Gasteiger partial charge in [-0.25, -0.2) is 0 Å². The molecule has 0 radical (unpaired) electrons. The van der Waals surface area contributed by atoms with Crippen molar-refractivity contribution in [1.29, 1.82) is 0 Å². The lowest BCUT2D eigenvalue weighted by molar-refractivity contribution is -0.137. The number of benzene rings is 2. The molecule has 0 spiro atoms. The minimum absolute atomic E-state index is 0.144. The Morgan fingerprint density at radius 2 is 1.72 bits per heavy atom. The molecule has 2 rings (SSSR count). The highest BCUT2D eigenvalue weighted by Crippen LogP contribution is 2.33. The van der Waals surface area contributed by atoms with Crippen molar-refractivity contribution in [3.63, 3.8) is 0 Å². The number of aliphatic hydroxyl groups is 1. The van der Waals surface area contributed by atoms with Gasteiger partial charge in [-0.15, -0.1) is 0 Å². The van der Waals surface area contributed by atoms with E-state index >= 15 is 0 Å². The zero-order chi connectivity index (χ0) is 23.7. The molecule has 0 unspecified atom stereocenters. The number of hydrogen-bond acceptors (Lipinski definition) is 7. The Labute approximate surface area is 190 Å². The van der Waals surface area contributed by atoms with Crippen molar-refractivity contribution in [2.75, 3.05) is 33.4 Å². The van der Waals surface area contributed by atoms with Crippen LogP contribution in [0.15, 0.2) is 30.3 Å². The predicted molar refractivity (Wildman–Crippen MR) is 124 cm³/mol. The average Bonchev–Trinajstić information content (AvgIpc) is 2.77. The highest BCUT2D eigenvalue weighted by molar-refractivity contribution is 5.75. The number of methoxy groups -OCH3 is 1. The number of nitrogens with one attached hydrogen (secondary N) is 1. The number of carbonyl (C=O) groups is 1. The highest BCUT2D eigenvalue weighted by atomic mass is 16.5. The molecule has 7 heteroatoms. The van der Waals surface area contributed by atoms with Crippen molar-refractivity contribution in [3.05, 3.63) is 47.0 Å². The van der Waals surface area contributed by atoms with E-state index < -0.39 is 6.10 Å². The maximum Gasteiger partial charge on any atom is 0.313 e. The topological polar surface area (TPSA) is 86.2 Å². The molecule has 0 saturated heterocycles. The van der Waals surface area contributed by atoms with Crippen LogP contribution in [-0.2, 0) is 4.79 Å². The van der Waals surface area contributed by atoms with E-state index in [1.807, 2.05) is 51.1 Å². The lowest BCUT2D eigenvalue weighted by Crippen LogP contribution is -2.33. The predicted octanol–water partition coefficient (Wildman–Crippen LogP) is 3.59. The van der Waals surface area contributed by atoms with E-state index in [0.717, 1.165) is 16.7 Å². The first-order valence-corrected chi connectivity index (χ1v) is 10.8. The fraction of sp³-hybridized carbons (Fsp3) is 0.480. The first-order chi connectivity index (χ1) is 15.2. The number of esters is 1. The Morgan fingerprint density at radius 1 is 1.03 bits per heavy atom. The second-order valence-electron chi connectivity index (χ2n) is 8.01. The quantitative estimate of drug-likeness (QED) is 0.293. The van der Waals surface area contributed by atoms with Gasteiger partial charge in [0.25, 0.3) is 0 Å². The van der Waals surface area contributed by atoms with Crippen LogP contribution in [0.1, 0.15) is 30.5 Å². The Kier molecular flexibility index (Phi) is 9.81. The summed E-state index contributed by atoms with van der Waals surface area (Å²) in [6.45, 7) is 10.8. The molecule has 0 aromatic heterocycles. The molecule has 0 aliphatic rings. The van der Waals surface area contributed by atoms with Crippen molar-refractivity contribution < 1.29 is 28.8 Å². The van der Waals surface area contributed by atoms with Gasteiger partial charge in [0.1, 0.15) is 30.8 Å². The summed E-state index contributed by atoms with van der Waals surface area (Å²) < 4.78 is 22.3. The minimum Gasteiger partial charge on any atom is -0.493 e. The second kappa shape index (κ2) is 12.3. The Balaban J connectivity index is 1.80. The Hall–Kier alpha value is -2.77. The molecule has 0 aliphatic heterocycles. The van der Waals surface area contributed by atoms with Crippen molar-refractivity contribution in [3.8, 4) is 23.0 Å². The third kappa shape index (κ3) is 7.14. The van der Waals surface area contributed by atoms with E-state index in [0.29, 0.717) is 42.7 Å². The molecule has 0 fully saturated rings. The largest absolute Gasteiger partial charge is 0.493 e. The molecule has 2 aromatic carbocycles. The van der Waals surface area contributed by atoms with E-state index in [-0.39, 0.29) is 18.5 Å². The smallest absolute Gasteiger partial charge is 0.313 e. The molecule has 32 heavy (non-hydrogen) atoms. The fourth-order valence-corrected chi connectivity index (χ4v) is 3.03. The lowest BCUT2D eigenvalue weighted by Gasteiger charge is -2.19. The summed E-state index contributed by atoms with van der Waals surface area (Å²) in [5.41, 5.74) is 2.56. The summed E-state index contributed by atoms with van der Waals surface area (Å²) in [6, 6.07) is 9.31. The summed E-state index contributed by atoms with van der Waals surface area (Å²) in [4.78, 5) is 12.0. The van der Waals surface area contributed by atoms with Gasteiger partial charge >= 0.3 is 5.97 Å². The van der Waals surface area contributed by atoms with Gasteiger partial charge in [0, 0.05) is 13.1 Å². The van der Waals surface area contributed by atoms with Crippen LogP contribution in [0.2, 0.25) is 0 Å². The van der Waals surface area contributed by atoms with Crippen LogP contribution in [0.5, 0.6) is 23.0 Å². The monoisotopic (exact) mass is 445 g/mol. The highest BCUT2D eigenvalue weighted by Gasteiger charge is 2.18. The number of rotatable bonds is 12. The number of aryl methyl sites for hydroxylation is 1. The molecule has 7 nitrogen and oxygen atoms in total. The van der Waals surface area contributed by atoms with Gasteiger partial charge < -0.3 is 29.4 Å². The Bertz CT molecular complexity index is 896. The number of ether oxygens (including phenoxy) is 4. The molecule has 0 saturated carbocycles. The lowest BCUT2D eigenvalue weighted by atomic mass is 10.0. The maximum atomic E-state index is 12.0. The first-order valence-electron chi connectivity index (χ1n) is 10.8. The molecule has 1 atom stereocenters. The normalized spacial score (nSPS) is 11.9. The average molecular weight is 446 g/mol. The zero-order valence-electron chi connectivity index (χ0n) is 19.9. The standard InChI is InChI=1S/C25H35NO6/c1-16(2)25(28)32-24-17(3)13-23(18(4)19(24)5)31-15-20(27)14-26-11-12-30-22-10-8-7-9-21(22)29-6/h7-10,13,16,20,26-27H,11-12,14-15H2,1-6H3/t20-/m1/s1. The van der Waals surface area contributed by atoms with E-state index in [1.54, 1.807) is 21.0 Å². The molecule has 2 N–H and O–H groups in total. The van der Waals surface area contributed by atoms with Crippen LogP contribution in [-0.4, -0.2) is 50.6 Å². The molecular weight excluding hydrogens is 410 g/mol. The van der Waals surface area contributed by atoms with Crippen molar-refractivity contribution in [1.82, 2.24) is 5.32 Å². The molecule has 176 valence electrons. The summed E-state index contributed by atoms with van der Waals surface area (Å²) in [5, 5.41) is 13.4. The van der Waals surface area contributed by atoms with Gasteiger partial charge in [0.2, 0.25) is 0 Å². The second-order valence-corrected chi connectivity index (χ2v) is 8.01. The van der Waals surface area contributed by atoms with Gasteiger partial charge in [-0.3, -0.25) is 4.79 Å². The molecule has 0 heterocycles. The van der Waals surface area contributed by atoms with Crippen LogP contribution in [0.4, 0.5) is 0 Å². The molecule has 2 aromatic rings. The van der Waals surface area contributed by atoms with E-state index in [9.17, 15) is 9.90 Å². The van der Waals surface area contributed by atoms with Gasteiger partial charge in [-0.1, -0.05) is 26.0 Å². The minimum atomic E-state index is -0.681. The summed E-state index contributed by atoms with van der Waals surface area (Å²) >= 11 is 0. The van der Waals surface area contributed by atoms with Gasteiger partial charge in [0.05, 0.1) is 13.0 Å². The van der Waals surface area contributed by atoms with E-state index in [2.05, 4.69) is 5.32 Å². The maximum absolute atomic E-state index is 12.0. The van der Waals surface area contributed by atoms with Gasteiger partial charge in [0.15, 0.2) is 11.5 Å². The van der Waals surface area contributed by atoms with Gasteiger partial charge in [-0.05, 0) is 55.7 Å². The number of aliphatic hydroxyl groups excluding tert-OH is 1.